The van der Waals surface area contributed by atoms with E-state index in [1.54, 1.807) is 25.3 Å². The number of benzene rings is 1. The molecule has 0 aliphatic heterocycles. The van der Waals surface area contributed by atoms with Gasteiger partial charge in [0.15, 0.2) is 0 Å². The van der Waals surface area contributed by atoms with Crippen LogP contribution in [0.3, 0.4) is 0 Å². The van der Waals surface area contributed by atoms with Gasteiger partial charge in [0.05, 0.1) is 23.7 Å². The van der Waals surface area contributed by atoms with Crippen LogP contribution in [0.1, 0.15) is 16.7 Å². The third kappa shape index (κ3) is 3.12. The molecule has 0 spiro atoms. The Morgan fingerprint density at radius 3 is 2.91 bits per heavy atom. The fourth-order valence-electron chi connectivity index (χ4n) is 2.07. The number of rotatable bonds is 5. The summed E-state index contributed by atoms with van der Waals surface area (Å²) >= 11 is 0. The van der Waals surface area contributed by atoms with Gasteiger partial charge in [-0.25, -0.2) is 4.98 Å². The lowest BCUT2D eigenvalue weighted by Gasteiger charge is -2.12. The molecular weight excluding hydrogens is 284 g/mol. The monoisotopic (exact) mass is 298 g/mol. The van der Waals surface area contributed by atoms with Crippen LogP contribution >= 0.6 is 0 Å². The van der Waals surface area contributed by atoms with Crippen LogP contribution in [0.2, 0.25) is 0 Å². The van der Waals surface area contributed by atoms with Crippen LogP contribution in [-0.2, 0) is 6.54 Å². The van der Waals surface area contributed by atoms with E-state index in [1.807, 2.05) is 12.1 Å². The minimum atomic E-state index is -0.494. The number of nitro groups is 1. The second-order valence-corrected chi connectivity index (χ2v) is 4.56. The number of methoxy groups -OCH3 is 1. The minimum Gasteiger partial charge on any atom is -0.481 e. The number of hydrogen-bond acceptors (Lipinski definition) is 6. The number of aromatic nitrogens is 1. The van der Waals surface area contributed by atoms with E-state index in [0.717, 1.165) is 5.56 Å². The third-order valence-corrected chi connectivity index (χ3v) is 3.22. The first-order valence-corrected chi connectivity index (χ1v) is 6.47. The summed E-state index contributed by atoms with van der Waals surface area (Å²) in [6.45, 7) is 2.02. The zero-order valence-electron chi connectivity index (χ0n) is 12.2. The van der Waals surface area contributed by atoms with E-state index in [2.05, 4.69) is 10.3 Å². The summed E-state index contributed by atoms with van der Waals surface area (Å²) in [4.78, 5) is 14.6. The summed E-state index contributed by atoms with van der Waals surface area (Å²) < 4.78 is 5.16. The average Bonchev–Trinajstić information content (AvgIpc) is 2.53. The highest BCUT2D eigenvalue weighted by atomic mass is 16.6. The van der Waals surface area contributed by atoms with Crippen molar-refractivity contribution in [2.75, 3.05) is 12.4 Å². The molecule has 0 bridgehead atoms. The first kappa shape index (κ1) is 15.3. The van der Waals surface area contributed by atoms with Crippen molar-refractivity contribution in [3.8, 4) is 11.9 Å². The highest BCUT2D eigenvalue weighted by molar-refractivity contribution is 5.64. The van der Waals surface area contributed by atoms with Crippen LogP contribution in [0.25, 0.3) is 0 Å². The maximum absolute atomic E-state index is 11.1. The van der Waals surface area contributed by atoms with E-state index in [-0.39, 0.29) is 11.3 Å². The molecule has 7 nitrogen and oxygen atoms in total. The van der Waals surface area contributed by atoms with Gasteiger partial charge < -0.3 is 10.1 Å². The molecule has 0 aliphatic rings. The zero-order valence-corrected chi connectivity index (χ0v) is 12.2. The van der Waals surface area contributed by atoms with E-state index < -0.39 is 4.92 Å². The van der Waals surface area contributed by atoms with E-state index in [1.165, 1.54) is 13.2 Å². The van der Waals surface area contributed by atoms with Gasteiger partial charge in [-0.2, -0.15) is 5.26 Å². The van der Waals surface area contributed by atoms with Gasteiger partial charge in [0, 0.05) is 35.6 Å². The number of hydrogen-bond donors (Lipinski definition) is 1. The molecule has 1 aromatic heterocycles. The Hall–Kier alpha value is -3.14. The lowest BCUT2D eigenvalue weighted by atomic mass is 10.1. The van der Waals surface area contributed by atoms with Crippen molar-refractivity contribution >= 4 is 11.4 Å². The van der Waals surface area contributed by atoms with Gasteiger partial charge in [-0.3, -0.25) is 10.1 Å². The molecule has 2 rings (SSSR count). The predicted molar refractivity (Wildman–Crippen MR) is 80.7 cm³/mol. The summed E-state index contributed by atoms with van der Waals surface area (Å²) in [5.41, 5.74) is 1.98. The predicted octanol–water partition coefficient (Wildman–Crippen LogP) is 2.79. The second kappa shape index (κ2) is 6.54. The maximum Gasteiger partial charge on any atom is 0.275 e. The van der Waals surface area contributed by atoms with Crippen molar-refractivity contribution in [1.82, 2.24) is 4.98 Å². The van der Waals surface area contributed by atoms with Gasteiger partial charge in [0.2, 0.25) is 5.88 Å². The summed E-state index contributed by atoms with van der Waals surface area (Å²) in [5, 5.41) is 23.1. The molecule has 22 heavy (non-hydrogen) atoms. The topological polar surface area (TPSA) is 101 Å². The van der Waals surface area contributed by atoms with E-state index in [4.69, 9.17) is 10.00 Å². The number of nitrogens with one attached hydrogen (secondary N) is 1. The Balaban J connectivity index is 2.32. The summed E-state index contributed by atoms with van der Waals surface area (Å²) in [5.74, 6) is 0.485. The molecule has 1 aromatic carbocycles. The molecule has 2 aromatic rings. The van der Waals surface area contributed by atoms with Crippen LogP contribution < -0.4 is 10.1 Å². The summed E-state index contributed by atoms with van der Waals surface area (Å²) in [7, 11) is 1.53. The fraction of sp³-hybridized carbons (Fsp3) is 0.200. The molecule has 1 heterocycles. The number of nitro benzene ring substituents is 1. The Kier molecular flexibility index (Phi) is 4.53. The van der Waals surface area contributed by atoms with Crippen LogP contribution in [-0.4, -0.2) is 17.0 Å². The number of anilines is 1. The molecule has 0 amide bonds. The van der Waals surface area contributed by atoms with Gasteiger partial charge >= 0.3 is 0 Å². The highest BCUT2D eigenvalue weighted by Gasteiger charge is 2.16. The Bertz CT molecular complexity index is 753. The SMILES string of the molecule is COc1ncccc1CNc1cc(C#N)cc([N+](=O)[O-])c1C. The Morgan fingerprint density at radius 1 is 1.50 bits per heavy atom. The first-order valence-electron chi connectivity index (χ1n) is 6.47. The normalized spacial score (nSPS) is 9.86. The Morgan fingerprint density at radius 2 is 2.27 bits per heavy atom. The number of nitriles is 1. The van der Waals surface area contributed by atoms with Crippen LogP contribution in [0.5, 0.6) is 5.88 Å². The Labute approximate surface area is 127 Å². The van der Waals surface area contributed by atoms with E-state index in [9.17, 15) is 10.1 Å². The molecule has 0 atom stereocenters. The van der Waals surface area contributed by atoms with Crippen LogP contribution in [0.4, 0.5) is 11.4 Å². The first-order chi connectivity index (χ1) is 10.6. The molecule has 0 fully saturated rings. The lowest BCUT2D eigenvalue weighted by Crippen LogP contribution is -2.05. The lowest BCUT2D eigenvalue weighted by molar-refractivity contribution is -0.385. The molecule has 0 saturated heterocycles. The number of nitrogens with zero attached hydrogens (tertiary/aromatic N) is 3. The number of ether oxygens (including phenoxy) is 1. The van der Waals surface area contributed by atoms with Crippen molar-refractivity contribution in [3.63, 3.8) is 0 Å². The van der Waals surface area contributed by atoms with E-state index >= 15 is 0 Å². The third-order valence-electron chi connectivity index (χ3n) is 3.22. The van der Waals surface area contributed by atoms with Crippen LogP contribution in [0.15, 0.2) is 30.5 Å². The summed E-state index contributed by atoms with van der Waals surface area (Å²) in [6, 6.07) is 8.41. The van der Waals surface area contributed by atoms with Crippen molar-refractivity contribution in [1.29, 1.82) is 5.26 Å². The molecule has 0 radical (unpaired) electrons. The van der Waals surface area contributed by atoms with Crippen LogP contribution in [0, 0.1) is 28.4 Å². The van der Waals surface area contributed by atoms with Gasteiger partial charge in [-0.15, -0.1) is 0 Å². The van der Waals surface area contributed by atoms with Gasteiger partial charge in [0.25, 0.3) is 5.69 Å². The largest absolute Gasteiger partial charge is 0.481 e. The second-order valence-electron chi connectivity index (χ2n) is 4.56. The molecule has 112 valence electrons. The van der Waals surface area contributed by atoms with E-state index in [0.29, 0.717) is 23.7 Å². The molecule has 0 aliphatic carbocycles. The summed E-state index contributed by atoms with van der Waals surface area (Å²) in [6.07, 6.45) is 1.62. The van der Waals surface area contributed by atoms with Crippen molar-refractivity contribution in [2.45, 2.75) is 13.5 Å². The maximum atomic E-state index is 11.1. The minimum absolute atomic E-state index is 0.0836. The zero-order chi connectivity index (χ0) is 16.1. The van der Waals surface area contributed by atoms with Crippen molar-refractivity contribution in [2.24, 2.45) is 0 Å². The molecule has 0 saturated carbocycles. The standard InChI is InChI=1S/C15H14N4O3/c1-10-13(6-11(8-16)7-14(10)19(20)21)18-9-12-4-3-5-17-15(12)22-2/h3-7,18H,9H2,1-2H3. The van der Waals surface area contributed by atoms with Gasteiger partial charge in [-0.1, -0.05) is 6.07 Å². The number of pyridine rings is 1. The molecule has 7 heteroatoms. The molecule has 0 unspecified atom stereocenters. The van der Waals surface area contributed by atoms with Gasteiger partial charge in [-0.05, 0) is 19.1 Å². The molecule has 1 N–H and O–H groups in total. The van der Waals surface area contributed by atoms with Gasteiger partial charge in [0.1, 0.15) is 0 Å². The molecular formula is C15H14N4O3. The fourth-order valence-corrected chi connectivity index (χ4v) is 2.07. The van der Waals surface area contributed by atoms with Crippen molar-refractivity contribution < 1.29 is 9.66 Å². The highest BCUT2D eigenvalue weighted by Crippen LogP contribution is 2.28. The quantitative estimate of drug-likeness (QED) is 0.672. The van der Waals surface area contributed by atoms with Crippen molar-refractivity contribution in [3.05, 3.63) is 57.3 Å². The smallest absolute Gasteiger partial charge is 0.275 e. The average molecular weight is 298 g/mol.